The van der Waals surface area contributed by atoms with Gasteiger partial charge in [-0.1, -0.05) is 47.1 Å². The highest BCUT2D eigenvalue weighted by molar-refractivity contribution is 9.10. The second kappa shape index (κ2) is 5.47. The Hall–Kier alpha value is -0.600. The summed E-state index contributed by atoms with van der Waals surface area (Å²) in [5.41, 5.74) is 3.67. The zero-order chi connectivity index (χ0) is 11.4. The van der Waals surface area contributed by atoms with E-state index in [4.69, 9.17) is 0 Å². The van der Waals surface area contributed by atoms with Crippen molar-refractivity contribution in [1.29, 1.82) is 0 Å². The number of hydrogen-bond donors (Lipinski definition) is 1. The highest BCUT2D eigenvalue weighted by atomic mass is 79.9. The molecular formula is C13H18BrN. The van der Waals surface area contributed by atoms with Gasteiger partial charge in [-0.3, -0.25) is 0 Å². The van der Waals surface area contributed by atoms with Crippen LogP contribution in [0.2, 0.25) is 0 Å². The molecule has 0 aliphatic carbocycles. The van der Waals surface area contributed by atoms with E-state index in [0.29, 0.717) is 0 Å². The van der Waals surface area contributed by atoms with Crippen LogP contribution >= 0.6 is 15.9 Å². The lowest BCUT2D eigenvalue weighted by molar-refractivity contribution is 0.621. The van der Waals surface area contributed by atoms with Crippen LogP contribution in [0.25, 0.3) is 0 Å². The van der Waals surface area contributed by atoms with Gasteiger partial charge in [0.25, 0.3) is 0 Å². The molecule has 1 atom stereocenters. The molecule has 1 aromatic carbocycles. The fourth-order valence-corrected chi connectivity index (χ4v) is 1.97. The van der Waals surface area contributed by atoms with Gasteiger partial charge >= 0.3 is 0 Å². The molecule has 0 bridgehead atoms. The molecule has 1 rings (SSSR count). The molecule has 82 valence electrons. The minimum absolute atomic E-state index is 0.256. The molecular weight excluding hydrogens is 250 g/mol. The molecule has 1 N–H and O–H groups in total. The van der Waals surface area contributed by atoms with Crippen molar-refractivity contribution in [3.8, 4) is 0 Å². The van der Waals surface area contributed by atoms with Crippen LogP contribution in [0.3, 0.4) is 0 Å². The minimum atomic E-state index is 0.256. The smallest absolute Gasteiger partial charge is 0.0531 e. The summed E-state index contributed by atoms with van der Waals surface area (Å²) in [6.45, 7) is 11.2. The van der Waals surface area contributed by atoms with Crippen LogP contribution in [0.4, 0.5) is 0 Å². The Kier molecular flexibility index (Phi) is 4.55. The fraction of sp³-hybridized carbons (Fsp3) is 0.385. The molecule has 0 heterocycles. The fourth-order valence-electron chi connectivity index (χ4n) is 1.57. The van der Waals surface area contributed by atoms with Crippen molar-refractivity contribution in [3.05, 3.63) is 46.0 Å². The molecule has 0 aliphatic heterocycles. The second-order valence-corrected chi connectivity index (χ2v) is 4.70. The molecule has 0 aromatic heterocycles. The Labute approximate surface area is 101 Å². The third-order valence-electron chi connectivity index (χ3n) is 2.43. The zero-order valence-electron chi connectivity index (χ0n) is 9.60. The van der Waals surface area contributed by atoms with Gasteiger partial charge in [0.2, 0.25) is 0 Å². The van der Waals surface area contributed by atoms with Crippen molar-refractivity contribution in [3.63, 3.8) is 0 Å². The van der Waals surface area contributed by atoms with E-state index in [1.54, 1.807) is 0 Å². The number of nitrogens with one attached hydrogen (secondary N) is 1. The summed E-state index contributed by atoms with van der Waals surface area (Å²) in [6.07, 6.45) is 0. The first-order valence-corrected chi connectivity index (χ1v) is 6.00. The zero-order valence-corrected chi connectivity index (χ0v) is 11.2. The Morgan fingerprint density at radius 2 is 2.20 bits per heavy atom. The lowest BCUT2D eigenvalue weighted by atomic mass is 10.00. The van der Waals surface area contributed by atoms with Crippen molar-refractivity contribution in [2.75, 3.05) is 6.54 Å². The molecule has 2 heteroatoms. The number of hydrogen-bond acceptors (Lipinski definition) is 1. The summed E-state index contributed by atoms with van der Waals surface area (Å²) in [5, 5.41) is 3.42. The number of benzene rings is 1. The van der Waals surface area contributed by atoms with Crippen LogP contribution < -0.4 is 5.32 Å². The van der Waals surface area contributed by atoms with E-state index in [2.05, 4.69) is 66.8 Å². The van der Waals surface area contributed by atoms with Gasteiger partial charge in [-0.2, -0.15) is 0 Å². The maximum atomic E-state index is 4.02. The molecule has 0 amide bonds. The molecule has 0 aliphatic rings. The quantitative estimate of drug-likeness (QED) is 0.814. The molecule has 1 unspecified atom stereocenters. The van der Waals surface area contributed by atoms with Crippen molar-refractivity contribution < 1.29 is 0 Å². The maximum absolute atomic E-state index is 4.02. The van der Waals surface area contributed by atoms with Crippen molar-refractivity contribution >= 4 is 15.9 Å². The van der Waals surface area contributed by atoms with Crippen LogP contribution in [0.15, 0.2) is 34.8 Å². The van der Waals surface area contributed by atoms with Gasteiger partial charge in [0.1, 0.15) is 0 Å². The lowest BCUT2D eigenvalue weighted by Crippen LogP contribution is -2.21. The summed E-state index contributed by atoms with van der Waals surface area (Å²) in [6, 6.07) is 6.71. The first-order chi connectivity index (χ1) is 7.06. The Balaban J connectivity index is 3.01. The first kappa shape index (κ1) is 12.5. The van der Waals surface area contributed by atoms with Gasteiger partial charge < -0.3 is 5.32 Å². The van der Waals surface area contributed by atoms with Crippen LogP contribution in [-0.4, -0.2) is 6.54 Å². The number of halogens is 1. The predicted molar refractivity (Wildman–Crippen MR) is 70.1 cm³/mol. The van der Waals surface area contributed by atoms with Crippen molar-refractivity contribution in [2.24, 2.45) is 0 Å². The number of aryl methyl sites for hydroxylation is 1. The van der Waals surface area contributed by atoms with Crippen LogP contribution in [-0.2, 0) is 0 Å². The van der Waals surface area contributed by atoms with Gasteiger partial charge in [-0.05, 0) is 37.6 Å². The molecule has 0 fully saturated rings. The van der Waals surface area contributed by atoms with Gasteiger partial charge in [-0.25, -0.2) is 0 Å². The summed E-state index contributed by atoms with van der Waals surface area (Å²) >= 11 is 3.56. The van der Waals surface area contributed by atoms with Gasteiger partial charge in [-0.15, -0.1) is 0 Å². The average molecular weight is 268 g/mol. The summed E-state index contributed by atoms with van der Waals surface area (Å²) < 4.78 is 1.16. The largest absolute Gasteiger partial charge is 0.307 e. The standard InChI is InChI=1S/C13H18BrN/c1-5-15-13(9(2)3)11-7-6-10(4)12(14)8-11/h6-8,13,15H,2,5H2,1,3-4H3. The topological polar surface area (TPSA) is 12.0 Å². The molecule has 0 radical (unpaired) electrons. The predicted octanol–water partition coefficient (Wildman–Crippen LogP) is 3.98. The van der Waals surface area contributed by atoms with E-state index in [0.717, 1.165) is 16.6 Å². The first-order valence-electron chi connectivity index (χ1n) is 5.21. The monoisotopic (exact) mass is 267 g/mol. The molecule has 1 aromatic rings. The average Bonchev–Trinajstić information content (AvgIpc) is 2.18. The SMILES string of the molecule is C=C(C)C(NCC)c1ccc(C)c(Br)c1. The highest BCUT2D eigenvalue weighted by Crippen LogP contribution is 2.25. The van der Waals surface area contributed by atoms with Gasteiger partial charge in [0.15, 0.2) is 0 Å². The van der Waals surface area contributed by atoms with Gasteiger partial charge in [0, 0.05) is 4.47 Å². The van der Waals surface area contributed by atoms with Crippen molar-refractivity contribution in [2.45, 2.75) is 26.8 Å². The molecule has 0 saturated heterocycles. The third-order valence-corrected chi connectivity index (χ3v) is 3.28. The normalized spacial score (nSPS) is 12.5. The molecule has 15 heavy (non-hydrogen) atoms. The molecule has 1 nitrogen and oxygen atoms in total. The summed E-state index contributed by atoms with van der Waals surface area (Å²) in [4.78, 5) is 0. The lowest BCUT2D eigenvalue weighted by Gasteiger charge is -2.19. The van der Waals surface area contributed by atoms with E-state index < -0.39 is 0 Å². The summed E-state index contributed by atoms with van der Waals surface area (Å²) in [5.74, 6) is 0. The Morgan fingerprint density at radius 3 is 2.67 bits per heavy atom. The number of rotatable bonds is 4. The second-order valence-electron chi connectivity index (χ2n) is 3.85. The highest BCUT2D eigenvalue weighted by Gasteiger charge is 2.11. The van der Waals surface area contributed by atoms with Gasteiger partial charge in [0.05, 0.1) is 6.04 Å². The van der Waals surface area contributed by atoms with Crippen LogP contribution in [0.5, 0.6) is 0 Å². The maximum Gasteiger partial charge on any atom is 0.0531 e. The molecule has 0 spiro atoms. The van der Waals surface area contributed by atoms with E-state index in [1.807, 2.05) is 0 Å². The van der Waals surface area contributed by atoms with E-state index in [1.165, 1.54) is 11.1 Å². The third kappa shape index (κ3) is 3.18. The Morgan fingerprint density at radius 1 is 1.53 bits per heavy atom. The summed E-state index contributed by atoms with van der Waals surface area (Å²) in [7, 11) is 0. The van der Waals surface area contributed by atoms with Crippen LogP contribution in [0.1, 0.15) is 31.0 Å². The van der Waals surface area contributed by atoms with E-state index >= 15 is 0 Å². The van der Waals surface area contributed by atoms with E-state index in [9.17, 15) is 0 Å². The van der Waals surface area contributed by atoms with Crippen LogP contribution in [0, 0.1) is 6.92 Å². The molecule has 0 saturated carbocycles. The number of likely N-dealkylation sites (N-methyl/N-ethyl adjacent to an activating group) is 1. The van der Waals surface area contributed by atoms with Crippen molar-refractivity contribution in [1.82, 2.24) is 5.32 Å². The minimum Gasteiger partial charge on any atom is -0.307 e. The Bertz CT molecular complexity index is 358. The van der Waals surface area contributed by atoms with E-state index in [-0.39, 0.29) is 6.04 Å².